The van der Waals surface area contributed by atoms with Gasteiger partial charge in [0.2, 0.25) is 0 Å². The molecule has 2 fully saturated rings. The smallest absolute Gasteiger partial charge is 0.330 e. The van der Waals surface area contributed by atoms with Crippen molar-refractivity contribution in [3.63, 3.8) is 0 Å². The molecule has 79 heavy (non-hydrogen) atoms. The summed E-state index contributed by atoms with van der Waals surface area (Å²) in [6.07, 6.45) is 22.7. The van der Waals surface area contributed by atoms with Crippen molar-refractivity contribution in [2.24, 2.45) is 11.8 Å². The number of hydrogen-bond acceptors (Lipinski definition) is 10. The van der Waals surface area contributed by atoms with Crippen LogP contribution in [0, 0.1) is 11.8 Å². The largest absolute Gasteiger partial charge is 0.494 e. The van der Waals surface area contributed by atoms with Crippen molar-refractivity contribution in [2.75, 3.05) is 26.4 Å². The van der Waals surface area contributed by atoms with E-state index in [9.17, 15) is 19.2 Å². The fourth-order valence-electron chi connectivity index (χ4n) is 11.1. The number of hydrogen-bond donors (Lipinski definition) is 0. The van der Waals surface area contributed by atoms with Crippen LogP contribution in [0.4, 0.5) is 0 Å². The van der Waals surface area contributed by atoms with Gasteiger partial charge in [-0.05, 0) is 221 Å². The highest BCUT2D eigenvalue weighted by molar-refractivity contribution is 5.81. The minimum Gasteiger partial charge on any atom is -0.494 e. The lowest BCUT2D eigenvalue weighted by molar-refractivity contribution is -0.138. The maximum Gasteiger partial charge on any atom is 0.330 e. The van der Waals surface area contributed by atoms with Gasteiger partial charge in [0, 0.05) is 25.0 Å². The standard InChI is InChI=1S/C69H84O10/c1-4-15-53-20-43-64(78-68(72)44-21-51-16-23-54(24-17-51)56-27-31-58(32-28-56)60-35-39-62(40-36-60)74-46-11-7-9-13-48-76-66(70)5-2)65(50-53)79-69(73)45-22-52-18-25-55(26-19-52)57-29-33-59(34-30-57)61-37-41-63(42-38-61)75-47-12-8-10-14-49-77-67(71)6-3/h5-6,20,27-43,50-52,54-55H,2-4,7-19,21-26,44-49H2,1H3/t51-,52-,54-,55-. The third-order valence-electron chi connectivity index (χ3n) is 15.8. The molecular weight excluding hydrogens is 989 g/mol. The quantitative estimate of drug-likeness (QED) is 0.0178. The van der Waals surface area contributed by atoms with Gasteiger partial charge >= 0.3 is 23.9 Å². The van der Waals surface area contributed by atoms with E-state index in [1.54, 1.807) is 6.07 Å². The molecule has 2 aliphatic rings. The molecule has 0 atom stereocenters. The predicted octanol–water partition coefficient (Wildman–Crippen LogP) is 16.6. The van der Waals surface area contributed by atoms with E-state index in [0.717, 1.165) is 157 Å². The van der Waals surface area contributed by atoms with Crippen LogP contribution >= 0.6 is 0 Å². The topological polar surface area (TPSA) is 124 Å². The molecule has 0 aromatic heterocycles. The molecule has 0 saturated heterocycles. The molecule has 2 saturated carbocycles. The molecule has 10 heteroatoms. The van der Waals surface area contributed by atoms with Gasteiger partial charge in [-0.3, -0.25) is 9.59 Å². The van der Waals surface area contributed by atoms with Crippen molar-refractivity contribution >= 4 is 23.9 Å². The molecule has 7 rings (SSSR count). The Morgan fingerprint density at radius 3 is 1.23 bits per heavy atom. The molecular formula is C69H84O10. The summed E-state index contributed by atoms with van der Waals surface area (Å²) < 4.78 is 33.9. The van der Waals surface area contributed by atoms with E-state index in [1.165, 1.54) is 34.4 Å². The lowest BCUT2D eigenvalue weighted by Crippen LogP contribution is -2.17. The number of aryl methyl sites for hydroxylation is 1. The molecule has 10 nitrogen and oxygen atoms in total. The van der Waals surface area contributed by atoms with Gasteiger partial charge in [0.15, 0.2) is 11.5 Å². The molecule has 0 N–H and O–H groups in total. The first-order valence-corrected chi connectivity index (χ1v) is 29.4. The molecule has 0 aliphatic heterocycles. The number of unbranched alkanes of at least 4 members (excludes halogenated alkanes) is 6. The Morgan fingerprint density at radius 2 is 0.835 bits per heavy atom. The van der Waals surface area contributed by atoms with Gasteiger partial charge in [0.1, 0.15) is 11.5 Å². The fraction of sp³-hybridized carbons (Fsp3) is 0.449. The lowest BCUT2D eigenvalue weighted by atomic mass is 9.77. The van der Waals surface area contributed by atoms with Crippen LogP contribution in [0.25, 0.3) is 22.3 Å². The van der Waals surface area contributed by atoms with Crippen molar-refractivity contribution in [3.05, 3.63) is 157 Å². The number of carbonyl (C=O) groups excluding carboxylic acids is 4. The lowest BCUT2D eigenvalue weighted by Gasteiger charge is -2.29. The maximum atomic E-state index is 13.4. The molecule has 0 amide bonds. The molecule has 5 aromatic carbocycles. The summed E-state index contributed by atoms with van der Waals surface area (Å²) in [6, 6.07) is 40.1. The second-order valence-electron chi connectivity index (χ2n) is 21.6. The molecule has 0 radical (unpaired) electrons. The van der Waals surface area contributed by atoms with Crippen molar-refractivity contribution in [1.29, 1.82) is 0 Å². The van der Waals surface area contributed by atoms with Crippen molar-refractivity contribution in [2.45, 2.75) is 160 Å². The zero-order chi connectivity index (χ0) is 55.4. The van der Waals surface area contributed by atoms with E-state index in [1.807, 2.05) is 36.4 Å². The van der Waals surface area contributed by atoms with Crippen LogP contribution in [0.2, 0.25) is 0 Å². The van der Waals surface area contributed by atoms with Crippen LogP contribution in [0.1, 0.15) is 170 Å². The molecule has 0 spiro atoms. The second-order valence-corrected chi connectivity index (χ2v) is 21.6. The van der Waals surface area contributed by atoms with E-state index in [-0.39, 0.29) is 23.9 Å². The van der Waals surface area contributed by atoms with Crippen LogP contribution in [-0.4, -0.2) is 50.3 Å². The molecule has 0 heterocycles. The summed E-state index contributed by atoms with van der Waals surface area (Å²) in [7, 11) is 0. The average molecular weight is 1070 g/mol. The SMILES string of the molecule is C=CC(=O)OCCCCCCOc1ccc(-c2ccc([C@H]3CC[C@H](CCC(=O)Oc4ccc(CCC)cc4OC(=O)CC[C@H]4CC[C@H](c5ccc(-c6ccc(OCCCCCCOC(=O)C=C)cc6)cc5)CC4)CC3)cc2)cc1. The number of ether oxygens (including phenoxy) is 6. The average Bonchev–Trinajstić information content (AvgIpc) is 3.50. The van der Waals surface area contributed by atoms with E-state index in [0.29, 0.717) is 74.4 Å². The fourth-order valence-corrected chi connectivity index (χ4v) is 11.1. The Bertz CT molecular complexity index is 2660. The Labute approximate surface area is 470 Å². The summed E-state index contributed by atoms with van der Waals surface area (Å²) in [4.78, 5) is 49.0. The van der Waals surface area contributed by atoms with Crippen molar-refractivity contribution in [3.8, 4) is 45.3 Å². The first-order chi connectivity index (χ1) is 38.7. The summed E-state index contributed by atoms with van der Waals surface area (Å²) in [5, 5.41) is 0. The molecule has 0 unspecified atom stereocenters. The zero-order valence-electron chi connectivity index (χ0n) is 46.8. The highest BCUT2D eigenvalue weighted by Crippen LogP contribution is 2.40. The Balaban J connectivity index is 0.769. The summed E-state index contributed by atoms with van der Waals surface area (Å²) in [6.45, 7) is 11.1. The van der Waals surface area contributed by atoms with Gasteiger partial charge in [-0.15, -0.1) is 0 Å². The van der Waals surface area contributed by atoms with E-state index in [4.69, 9.17) is 28.4 Å². The summed E-state index contributed by atoms with van der Waals surface area (Å²) in [5.41, 5.74) is 8.47. The van der Waals surface area contributed by atoms with Gasteiger partial charge in [0.25, 0.3) is 0 Å². The number of benzene rings is 5. The van der Waals surface area contributed by atoms with E-state index >= 15 is 0 Å². The van der Waals surface area contributed by atoms with Gasteiger partial charge in [-0.2, -0.15) is 0 Å². The summed E-state index contributed by atoms with van der Waals surface area (Å²) in [5.74, 6) is 3.03. The van der Waals surface area contributed by atoms with E-state index in [2.05, 4.69) is 92.9 Å². The number of rotatable bonds is 32. The van der Waals surface area contributed by atoms with Crippen LogP contribution in [-0.2, 0) is 35.1 Å². The van der Waals surface area contributed by atoms with Gasteiger partial charge in [-0.25, -0.2) is 9.59 Å². The normalized spacial score (nSPS) is 17.0. The van der Waals surface area contributed by atoms with Crippen LogP contribution in [0.15, 0.2) is 141 Å². The highest BCUT2D eigenvalue weighted by atomic mass is 16.6. The zero-order valence-corrected chi connectivity index (χ0v) is 46.8. The Hall–Kier alpha value is -6.94. The molecule has 0 bridgehead atoms. The van der Waals surface area contributed by atoms with Gasteiger partial charge in [0.05, 0.1) is 26.4 Å². The minimum absolute atomic E-state index is 0.283. The first-order valence-electron chi connectivity index (χ1n) is 29.4. The number of carbonyl (C=O) groups is 4. The van der Waals surface area contributed by atoms with E-state index < -0.39 is 0 Å². The Kier molecular flexibility index (Phi) is 24.8. The first kappa shape index (κ1) is 59.7. The van der Waals surface area contributed by atoms with Crippen LogP contribution in [0.5, 0.6) is 23.0 Å². The molecule has 2 aliphatic carbocycles. The van der Waals surface area contributed by atoms with Crippen LogP contribution in [0.3, 0.4) is 0 Å². The third kappa shape index (κ3) is 20.3. The summed E-state index contributed by atoms with van der Waals surface area (Å²) >= 11 is 0. The monoisotopic (exact) mass is 1070 g/mol. The predicted molar refractivity (Wildman–Crippen MR) is 314 cm³/mol. The van der Waals surface area contributed by atoms with Crippen molar-refractivity contribution < 1.29 is 47.6 Å². The number of esters is 4. The third-order valence-corrected chi connectivity index (χ3v) is 15.8. The van der Waals surface area contributed by atoms with Crippen LogP contribution < -0.4 is 18.9 Å². The minimum atomic E-state index is -0.369. The Morgan fingerprint density at radius 1 is 0.456 bits per heavy atom. The second kappa shape index (κ2) is 32.8. The van der Waals surface area contributed by atoms with Crippen molar-refractivity contribution in [1.82, 2.24) is 0 Å². The maximum absolute atomic E-state index is 13.4. The highest BCUT2D eigenvalue weighted by Gasteiger charge is 2.26. The molecule has 420 valence electrons. The van der Waals surface area contributed by atoms with Gasteiger partial charge in [-0.1, -0.05) is 105 Å². The molecule has 5 aromatic rings. The van der Waals surface area contributed by atoms with Gasteiger partial charge < -0.3 is 28.4 Å².